The molecule has 18 heavy (non-hydrogen) atoms. The summed E-state index contributed by atoms with van der Waals surface area (Å²) in [6, 6.07) is 2.03. The number of rotatable bonds is 3. The van der Waals surface area contributed by atoms with Gasteiger partial charge in [-0.25, -0.2) is 10.8 Å². The third-order valence-electron chi connectivity index (χ3n) is 3.13. The third kappa shape index (κ3) is 3.17. The van der Waals surface area contributed by atoms with Crippen LogP contribution < -0.4 is 16.6 Å². The molecule has 0 aliphatic carbocycles. The normalized spacial score (nSPS) is 17.8. The lowest BCUT2D eigenvalue weighted by Crippen LogP contribution is -2.37. The van der Waals surface area contributed by atoms with Gasteiger partial charge in [-0.2, -0.15) is 0 Å². The summed E-state index contributed by atoms with van der Waals surface area (Å²) in [5.41, 5.74) is 2.46. The van der Waals surface area contributed by atoms with Crippen LogP contribution in [0.1, 0.15) is 12.8 Å². The van der Waals surface area contributed by atoms with E-state index in [0.29, 0.717) is 27.7 Å². The number of likely N-dealkylation sites (tertiary alicyclic amines) is 1. The van der Waals surface area contributed by atoms with Gasteiger partial charge in [0.15, 0.2) is 5.82 Å². The van der Waals surface area contributed by atoms with Crippen LogP contribution in [-0.4, -0.2) is 36.1 Å². The van der Waals surface area contributed by atoms with Crippen molar-refractivity contribution in [1.29, 1.82) is 0 Å². The number of pyridine rings is 1. The molecule has 1 aliphatic heterocycles. The number of aromatic nitrogens is 1. The molecule has 100 valence electrons. The van der Waals surface area contributed by atoms with E-state index in [-0.39, 0.29) is 0 Å². The van der Waals surface area contributed by atoms with Crippen molar-refractivity contribution in [3.05, 3.63) is 16.1 Å². The van der Waals surface area contributed by atoms with Crippen molar-refractivity contribution in [2.45, 2.75) is 18.9 Å². The Morgan fingerprint density at radius 3 is 2.50 bits per heavy atom. The van der Waals surface area contributed by atoms with Crippen molar-refractivity contribution in [2.24, 2.45) is 5.84 Å². The monoisotopic (exact) mass is 289 g/mol. The maximum absolute atomic E-state index is 6.12. The van der Waals surface area contributed by atoms with Gasteiger partial charge in [-0.15, -0.1) is 0 Å². The molecule has 0 aromatic carbocycles. The molecule has 0 amide bonds. The number of hydrogen-bond donors (Lipinski definition) is 3. The third-order valence-corrected chi connectivity index (χ3v) is 3.70. The van der Waals surface area contributed by atoms with Gasteiger partial charge in [0.1, 0.15) is 5.82 Å². The van der Waals surface area contributed by atoms with Gasteiger partial charge in [0.05, 0.1) is 10.0 Å². The van der Waals surface area contributed by atoms with Crippen LogP contribution in [0.2, 0.25) is 10.0 Å². The summed E-state index contributed by atoms with van der Waals surface area (Å²) in [7, 11) is 2.13. The minimum Gasteiger partial charge on any atom is -0.366 e. The molecule has 7 heteroatoms. The van der Waals surface area contributed by atoms with E-state index in [1.807, 2.05) is 0 Å². The zero-order valence-electron chi connectivity index (χ0n) is 10.2. The lowest BCUT2D eigenvalue weighted by atomic mass is 10.1. The van der Waals surface area contributed by atoms with Gasteiger partial charge < -0.3 is 15.6 Å². The summed E-state index contributed by atoms with van der Waals surface area (Å²) in [5, 5.41) is 4.27. The molecular weight excluding hydrogens is 273 g/mol. The van der Waals surface area contributed by atoms with E-state index in [1.165, 1.54) is 0 Å². The summed E-state index contributed by atoms with van der Waals surface area (Å²) < 4.78 is 0. The fraction of sp³-hybridized carbons (Fsp3) is 0.545. The molecule has 2 heterocycles. The Morgan fingerprint density at radius 2 is 1.89 bits per heavy atom. The van der Waals surface area contributed by atoms with Crippen LogP contribution in [0.3, 0.4) is 0 Å². The molecule has 1 fully saturated rings. The molecule has 1 aromatic heterocycles. The van der Waals surface area contributed by atoms with Crippen LogP contribution in [0, 0.1) is 0 Å². The molecule has 0 spiro atoms. The van der Waals surface area contributed by atoms with Gasteiger partial charge in [0.2, 0.25) is 0 Å². The summed E-state index contributed by atoms with van der Waals surface area (Å²) in [4.78, 5) is 6.59. The van der Waals surface area contributed by atoms with Gasteiger partial charge in [-0.05, 0) is 39.0 Å². The predicted molar refractivity (Wildman–Crippen MR) is 76.2 cm³/mol. The molecule has 1 saturated heterocycles. The van der Waals surface area contributed by atoms with Crippen LogP contribution in [0.4, 0.5) is 11.6 Å². The minimum absolute atomic E-state index is 0.387. The van der Waals surface area contributed by atoms with Gasteiger partial charge in [0.25, 0.3) is 0 Å². The van der Waals surface area contributed by atoms with Crippen molar-refractivity contribution in [3.8, 4) is 0 Å². The van der Waals surface area contributed by atoms with Crippen LogP contribution >= 0.6 is 23.2 Å². The average Bonchev–Trinajstić information content (AvgIpc) is 2.35. The highest BCUT2D eigenvalue weighted by molar-refractivity contribution is 6.37. The van der Waals surface area contributed by atoms with Gasteiger partial charge in [0, 0.05) is 6.04 Å². The molecule has 1 aliphatic rings. The summed E-state index contributed by atoms with van der Waals surface area (Å²) >= 11 is 12.1. The second-order valence-corrected chi connectivity index (χ2v) is 5.33. The van der Waals surface area contributed by atoms with Crippen molar-refractivity contribution in [2.75, 3.05) is 30.9 Å². The van der Waals surface area contributed by atoms with E-state index in [9.17, 15) is 0 Å². The minimum atomic E-state index is 0.387. The Morgan fingerprint density at radius 1 is 1.28 bits per heavy atom. The lowest BCUT2D eigenvalue weighted by Gasteiger charge is -2.30. The first-order chi connectivity index (χ1) is 8.60. The maximum Gasteiger partial charge on any atom is 0.161 e. The fourth-order valence-electron chi connectivity index (χ4n) is 2.02. The maximum atomic E-state index is 6.12. The van der Waals surface area contributed by atoms with Crippen LogP contribution in [0.25, 0.3) is 0 Å². The topological polar surface area (TPSA) is 66.2 Å². The number of nitrogen functional groups attached to an aromatic ring is 1. The number of hydrazine groups is 1. The number of halogens is 2. The van der Waals surface area contributed by atoms with E-state index in [1.54, 1.807) is 6.07 Å². The van der Waals surface area contributed by atoms with E-state index in [4.69, 9.17) is 29.0 Å². The Balaban J connectivity index is 2.09. The molecule has 0 bridgehead atoms. The number of anilines is 2. The van der Waals surface area contributed by atoms with Gasteiger partial charge in [-0.3, -0.25) is 0 Å². The predicted octanol–water partition coefficient (Wildman–Crippen LogP) is 2.18. The van der Waals surface area contributed by atoms with Gasteiger partial charge >= 0.3 is 0 Å². The summed E-state index contributed by atoms with van der Waals surface area (Å²) in [6.07, 6.45) is 2.14. The first kappa shape index (κ1) is 13.7. The molecule has 2 rings (SSSR count). The zero-order valence-corrected chi connectivity index (χ0v) is 11.7. The van der Waals surface area contributed by atoms with E-state index in [2.05, 4.69) is 27.7 Å². The Kier molecular flexibility index (Phi) is 4.50. The molecular formula is C11H17Cl2N5. The van der Waals surface area contributed by atoms with E-state index in [0.717, 1.165) is 25.9 Å². The largest absolute Gasteiger partial charge is 0.366 e. The Labute approximate surface area is 117 Å². The van der Waals surface area contributed by atoms with Gasteiger partial charge in [-0.1, -0.05) is 23.2 Å². The summed E-state index contributed by atoms with van der Waals surface area (Å²) in [5.74, 6) is 6.40. The smallest absolute Gasteiger partial charge is 0.161 e. The van der Waals surface area contributed by atoms with Crippen LogP contribution in [0.5, 0.6) is 0 Å². The Hall–Kier alpha value is -0.750. The van der Waals surface area contributed by atoms with Crippen LogP contribution in [0.15, 0.2) is 6.07 Å². The van der Waals surface area contributed by atoms with Crippen molar-refractivity contribution in [3.63, 3.8) is 0 Å². The number of nitrogens with two attached hydrogens (primary N) is 1. The SMILES string of the molecule is CN1CCC(Nc2nc(NN)c(Cl)cc2Cl)CC1. The highest BCUT2D eigenvalue weighted by Gasteiger charge is 2.18. The molecule has 0 unspecified atom stereocenters. The summed E-state index contributed by atoms with van der Waals surface area (Å²) in [6.45, 7) is 2.15. The van der Waals surface area contributed by atoms with Crippen LogP contribution in [-0.2, 0) is 0 Å². The highest BCUT2D eigenvalue weighted by atomic mass is 35.5. The standard InChI is InChI=1S/C11H17Cl2N5/c1-18-4-2-7(3-5-18)15-10-8(12)6-9(13)11(16-10)17-14/h6-7H,2-5,14H2,1H3,(H2,15,16,17). The second-order valence-electron chi connectivity index (χ2n) is 4.52. The fourth-order valence-corrected chi connectivity index (χ4v) is 2.48. The quantitative estimate of drug-likeness (QED) is 0.588. The number of piperidine rings is 1. The Bertz CT molecular complexity index is 418. The molecule has 1 aromatic rings. The first-order valence-corrected chi connectivity index (χ1v) is 6.63. The second kappa shape index (κ2) is 5.93. The molecule has 0 saturated carbocycles. The molecule has 0 radical (unpaired) electrons. The van der Waals surface area contributed by atoms with Crippen molar-refractivity contribution >= 4 is 34.8 Å². The number of nitrogens with zero attached hydrogens (tertiary/aromatic N) is 2. The average molecular weight is 290 g/mol. The number of nitrogens with one attached hydrogen (secondary N) is 2. The van der Waals surface area contributed by atoms with E-state index >= 15 is 0 Å². The highest BCUT2D eigenvalue weighted by Crippen LogP contribution is 2.29. The molecule has 5 nitrogen and oxygen atoms in total. The number of hydrogen-bond acceptors (Lipinski definition) is 5. The first-order valence-electron chi connectivity index (χ1n) is 5.88. The van der Waals surface area contributed by atoms with E-state index < -0.39 is 0 Å². The van der Waals surface area contributed by atoms with Crippen molar-refractivity contribution in [1.82, 2.24) is 9.88 Å². The molecule has 0 atom stereocenters. The molecule has 4 N–H and O–H groups in total. The lowest BCUT2D eigenvalue weighted by molar-refractivity contribution is 0.263. The zero-order chi connectivity index (χ0) is 13.1. The van der Waals surface area contributed by atoms with Crippen molar-refractivity contribution < 1.29 is 0 Å².